The van der Waals surface area contributed by atoms with Crippen molar-refractivity contribution in [2.24, 2.45) is 0 Å². The second-order valence-corrected chi connectivity index (χ2v) is 6.04. The van der Waals surface area contributed by atoms with E-state index in [2.05, 4.69) is 30.8 Å². The lowest BCUT2D eigenvalue weighted by Crippen LogP contribution is -2.43. The quantitative estimate of drug-likeness (QED) is 0.478. The van der Waals surface area contributed by atoms with Gasteiger partial charge in [0, 0.05) is 38.0 Å². The van der Waals surface area contributed by atoms with Crippen LogP contribution in [-0.4, -0.2) is 60.9 Å². The Morgan fingerprint density at radius 1 is 1.13 bits per heavy atom. The second-order valence-electron chi connectivity index (χ2n) is 6.04. The maximum absolute atomic E-state index is 12.9. The zero-order valence-electron chi connectivity index (χ0n) is 16.6. The van der Waals surface area contributed by atoms with Crippen molar-refractivity contribution in [2.45, 2.75) is 12.5 Å². The Morgan fingerprint density at radius 2 is 1.73 bits per heavy atom. The highest BCUT2D eigenvalue weighted by Crippen LogP contribution is 2.27. The number of hydrogen-bond acceptors (Lipinski definition) is 6. The number of benzene rings is 1. The van der Waals surface area contributed by atoms with Crippen molar-refractivity contribution in [2.75, 3.05) is 21.2 Å². The molecule has 11 nitrogen and oxygen atoms in total. The zero-order valence-corrected chi connectivity index (χ0v) is 16.6. The molecule has 0 unspecified atom stereocenters. The molecular formula is C19H21N6O5+. The van der Waals surface area contributed by atoms with Crippen molar-refractivity contribution in [3.05, 3.63) is 51.9 Å². The van der Waals surface area contributed by atoms with Gasteiger partial charge in [-0.25, -0.2) is 9.78 Å². The molecule has 0 radical (unpaired) electrons. The highest BCUT2D eigenvalue weighted by Gasteiger charge is 2.30. The van der Waals surface area contributed by atoms with Crippen LogP contribution in [0, 0.1) is 6.57 Å². The molecule has 3 amide bonds. The van der Waals surface area contributed by atoms with Crippen LogP contribution < -0.4 is 16.0 Å². The number of esters is 1. The fraction of sp³-hybridized carbons (Fsp3) is 0.263. The third-order valence-corrected chi connectivity index (χ3v) is 4.21. The third-order valence-electron chi connectivity index (χ3n) is 4.21. The summed E-state index contributed by atoms with van der Waals surface area (Å²) < 4.78 is 4.75. The highest BCUT2D eigenvalue weighted by molar-refractivity contribution is 6.11. The average molecular weight is 413 g/mol. The first kappa shape index (κ1) is 22.1. The van der Waals surface area contributed by atoms with Crippen molar-refractivity contribution < 1.29 is 23.9 Å². The number of aromatic nitrogens is 2. The number of methoxy groups -OCH3 is 1. The Balaban J connectivity index is 2.46. The number of carbonyl (C=O) groups is 4. The van der Waals surface area contributed by atoms with E-state index < -0.39 is 29.7 Å². The predicted molar refractivity (Wildman–Crippen MR) is 107 cm³/mol. The Morgan fingerprint density at radius 3 is 2.17 bits per heavy atom. The lowest BCUT2D eigenvalue weighted by molar-refractivity contribution is -0.142. The minimum Gasteiger partial charge on any atom is -0.467 e. The molecular weight excluding hydrogens is 392 g/mol. The summed E-state index contributed by atoms with van der Waals surface area (Å²) in [5.74, 6) is -2.57. The number of imidazole rings is 1. The molecule has 4 N–H and O–H groups in total. The van der Waals surface area contributed by atoms with E-state index in [9.17, 15) is 19.2 Å². The monoisotopic (exact) mass is 413 g/mol. The van der Waals surface area contributed by atoms with E-state index in [-0.39, 0.29) is 28.8 Å². The summed E-state index contributed by atoms with van der Waals surface area (Å²) >= 11 is 0. The number of aromatic amines is 1. The second kappa shape index (κ2) is 9.83. The highest BCUT2D eigenvalue weighted by atomic mass is 16.5. The van der Waals surface area contributed by atoms with Gasteiger partial charge in [-0.15, -0.1) is 0 Å². The van der Waals surface area contributed by atoms with Crippen LogP contribution in [0.15, 0.2) is 24.7 Å². The van der Waals surface area contributed by atoms with E-state index in [0.717, 1.165) is 0 Å². The molecule has 1 aromatic carbocycles. The Kier molecular flexibility index (Phi) is 7.24. The Labute approximate surface area is 172 Å². The average Bonchev–Trinajstić information content (AvgIpc) is 3.28. The van der Waals surface area contributed by atoms with Crippen LogP contribution in [0.1, 0.15) is 36.8 Å². The van der Waals surface area contributed by atoms with Crippen LogP contribution in [0.2, 0.25) is 0 Å². The van der Waals surface area contributed by atoms with Gasteiger partial charge in [0.1, 0.15) is 17.2 Å². The third kappa shape index (κ3) is 4.79. The maximum Gasteiger partial charge on any atom is 0.365 e. The van der Waals surface area contributed by atoms with Crippen LogP contribution in [-0.2, 0) is 16.0 Å². The molecule has 0 saturated heterocycles. The van der Waals surface area contributed by atoms with E-state index in [0.29, 0.717) is 5.69 Å². The van der Waals surface area contributed by atoms with Gasteiger partial charge in [-0.3, -0.25) is 14.4 Å². The molecule has 156 valence electrons. The number of H-pyrrole nitrogens is 1. The predicted octanol–water partition coefficient (Wildman–Crippen LogP) is 0.237. The normalized spacial score (nSPS) is 11.0. The summed E-state index contributed by atoms with van der Waals surface area (Å²) in [5.41, 5.74) is 0.328. The minimum atomic E-state index is -1.03. The minimum absolute atomic E-state index is 0.0434. The number of nitrogens with one attached hydrogen (secondary N) is 4. The van der Waals surface area contributed by atoms with Crippen molar-refractivity contribution in [3.63, 3.8) is 0 Å². The van der Waals surface area contributed by atoms with Crippen molar-refractivity contribution in [3.8, 4) is 6.57 Å². The summed E-state index contributed by atoms with van der Waals surface area (Å²) in [6, 6.07) is 1.43. The number of amides is 3. The van der Waals surface area contributed by atoms with E-state index in [4.69, 9.17) is 11.3 Å². The first-order valence-corrected chi connectivity index (χ1v) is 8.75. The SMILES string of the molecule is C#[N+]c1c(C(=O)NC)cc(C(=O)N[C@H](Cc2cnc[nH]2)C(=O)OC)cc1C(=O)NC. The molecule has 0 fully saturated rings. The van der Waals surface area contributed by atoms with E-state index in [1.165, 1.54) is 45.9 Å². The Hall–Kier alpha value is -4.20. The van der Waals surface area contributed by atoms with Crippen LogP contribution in [0.25, 0.3) is 4.85 Å². The lowest BCUT2D eigenvalue weighted by Gasteiger charge is -2.16. The molecule has 0 aliphatic carbocycles. The summed E-state index contributed by atoms with van der Waals surface area (Å²) in [4.78, 5) is 59.7. The summed E-state index contributed by atoms with van der Waals surface area (Å²) in [6.45, 7) is 5.37. The number of rotatable bonds is 7. The Bertz CT molecular complexity index is 972. The summed E-state index contributed by atoms with van der Waals surface area (Å²) in [6.07, 6.45) is 3.04. The maximum atomic E-state index is 12.9. The molecule has 30 heavy (non-hydrogen) atoms. The number of hydrogen-bond donors (Lipinski definition) is 4. The van der Waals surface area contributed by atoms with Crippen LogP contribution in [0.3, 0.4) is 0 Å². The number of ether oxygens (including phenoxy) is 1. The van der Waals surface area contributed by atoms with E-state index >= 15 is 0 Å². The van der Waals surface area contributed by atoms with Gasteiger partial charge in [-0.05, 0) is 17.0 Å². The smallest absolute Gasteiger partial charge is 0.365 e. The van der Waals surface area contributed by atoms with Gasteiger partial charge in [0.05, 0.1) is 13.4 Å². The molecule has 0 aliphatic rings. The van der Waals surface area contributed by atoms with Gasteiger partial charge in [0.25, 0.3) is 24.3 Å². The molecule has 1 heterocycles. The molecule has 0 aliphatic heterocycles. The van der Waals surface area contributed by atoms with Gasteiger partial charge in [0.2, 0.25) is 0 Å². The fourth-order valence-corrected chi connectivity index (χ4v) is 2.71. The van der Waals surface area contributed by atoms with Gasteiger partial charge in [0.15, 0.2) is 0 Å². The molecule has 2 aromatic rings. The topological polar surface area (TPSA) is 147 Å². The first-order chi connectivity index (χ1) is 14.4. The van der Waals surface area contributed by atoms with Crippen LogP contribution in [0.4, 0.5) is 5.69 Å². The summed E-state index contributed by atoms with van der Waals surface area (Å²) in [5, 5.41) is 7.34. The van der Waals surface area contributed by atoms with Gasteiger partial charge < -0.3 is 25.7 Å². The lowest BCUT2D eigenvalue weighted by atomic mass is 10.00. The number of carbonyl (C=O) groups excluding carboxylic acids is 4. The van der Waals surface area contributed by atoms with Crippen LogP contribution >= 0.6 is 0 Å². The number of nitrogens with zero attached hydrogens (tertiary/aromatic N) is 2. The van der Waals surface area contributed by atoms with Gasteiger partial charge >= 0.3 is 11.7 Å². The standard InChI is InChI=1S/C19H20N6O5/c1-20-15-12(17(27)21-2)5-10(6-13(15)18(28)22-3)16(26)25-14(19(29)30-4)7-11-8-23-9-24-11/h1,5-6,8-9,14H,7H2,2-4H3,(H3-,21,22,23,24,25,26,27,28)/p+1/t14-/m1/s1. The largest absolute Gasteiger partial charge is 0.467 e. The fourth-order valence-electron chi connectivity index (χ4n) is 2.71. The molecule has 2 rings (SSSR count). The molecule has 0 saturated carbocycles. The first-order valence-electron chi connectivity index (χ1n) is 8.75. The van der Waals surface area contributed by atoms with Gasteiger partial charge in [-0.2, -0.15) is 0 Å². The van der Waals surface area contributed by atoms with Crippen molar-refractivity contribution in [1.82, 2.24) is 25.9 Å². The molecule has 11 heteroatoms. The zero-order chi connectivity index (χ0) is 22.3. The van der Waals surface area contributed by atoms with E-state index in [1.54, 1.807) is 0 Å². The van der Waals surface area contributed by atoms with Crippen molar-refractivity contribution >= 4 is 29.4 Å². The van der Waals surface area contributed by atoms with Crippen LogP contribution in [0.5, 0.6) is 0 Å². The van der Waals surface area contributed by atoms with E-state index in [1.807, 2.05) is 0 Å². The van der Waals surface area contributed by atoms with Crippen molar-refractivity contribution in [1.29, 1.82) is 0 Å². The van der Waals surface area contributed by atoms with Gasteiger partial charge in [-0.1, -0.05) is 0 Å². The molecule has 1 atom stereocenters. The summed E-state index contributed by atoms with van der Waals surface area (Å²) in [7, 11) is 3.96. The molecule has 0 bridgehead atoms. The molecule has 0 spiro atoms. The molecule has 1 aromatic heterocycles.